The van der Waals surface area contributed by atoms with Gasteiger partial charge in [0.05, 0.1) is 30.5 Å². The van der Waals surface area contributed by atoms with E-state index in [9.17, 15) is 20.1 Å². The number of unbranched alkanes of at least 4 members (excludes halogenated alkanes) is 4. The lowest BCUT2D eigenvalue weighted by atomic mass is 10.0. The van der Waals surface area contributed by atoms with Crippen molar-refractivity contribution >= 4 is 5.97 Å². The SMILES string of the molecule is CCC(O)/C=C/C(O)C1CC(O)C(CCCCCCCC(=O)O)O1. The van der Waals surface area contributed by atoms with Gasteiger partial charge in [-0.3, -0.25) is 4.79 Å². The van der Waals surface area contributed by atoms with Crippen molar-refractivity contribution in [3.05, 3.63) is 12.2 Å². The predicted octanol–water partition coefficient (Wildman–Crippen LogP) is 2.01. The highest BCUT2D eigenvalue weighted by Crippen LogP contribution is 2.27. The molecule has 0 aromatic carbocycles. The summed E-state index contributed by atoms with van der Waals surface area (Å²) in [7, 11) is 0. The minimum atomic E-state index is -0.818. The van der Waals surface area contributed by atoms with E-state index in [-0.39, 0.29) is 12.5 Å². The normalized spacial score (nSPS) is 26.8. The maximum Gasteiger partial charge on any atom is 0.303 e. The van der Waals surface area contributed by atoms with E-state index in [1.54, 1.807) is 6.08 Å². The molecular formula is C18H32O6. The fourth-order valence-electron chi connectivity index (χ4n) is 2.90. The van der Waals surface area contributed by atoms with Crippen molar-refractivity contribution < 1.29 is 30.0 Å². The van der Waals surface area contributed by atoms with Gasteiger partial charge in [0.15, 0.2) is 0 Å². The first-order chi connectivity index (χ1) is 11.4. The third-order valence-corrected chi connectivity index (χ3v) is 4.46. The molecule has 0 amide bonds. The number of rotatable bonds is 12. The standard InChI is InChI=1S/C18H32O6/c1-2-13(19)10-11-14(20)17-12-15(21)16(24-17)8-6-4-3-5-7-9-18(22)23/h10-11,13-17,19-21H,2-9,12H2,1H3,(H,22,23)/b11-10+. The number of hydrogen-bond acceptors (Lipinski definition) is 5. The summed E-state index contributed by atoms with van der Waals surface area (Å²) in [4.78, 5) is 10.4. The molecular weight excluding hydrogens is 312 g/mol. The Morgan fingerprint density at radius 3 is 2.50 bits per heavy atom. The van der Waals surface area contributed by atoms with Crippen LogP contribution in [0.1, 0.15) is 64.7 Å². The molecule has 1 rings (SSSR count). The van der Waals surface area contributed by atoms with E-state index >= 15 is 0 Å². The number of aliphatic hydroxyl groups is 3. The largest absolute Gasteiger partial charge is 0.481 e. The molecule has 5 unspecified atom stereocenters. The Morgan fingerprint density at radius 2 is 1.83 bits per heavy atom. The smallest absolute Gasteiger partial charge is 0.303 e. The molecule has 0 saturated carbocycles. The average molecular weight is 344 g/mol. The van der Waals surface area contributed by atoms with Crippen LogP contribution >= 0.6 is 0 Å². The molecule has 0 bridgehead atoms. The van der Waals surface area contributed by atoms with Gasteiger partial charge in [-0.2, -0.15) is 0 Å². The van der Waals surface area contributed by atoms with Gasteiger partial charge in [0.2, 0.25) is 0 Å². The lowest BCUT2D eigenvalue weighted by Crippen LogP contribution is -2.25. The van der Waals surface area contributed by atoms with Gasteiger partial charge in [0, 0.05) is 12.8 Å². The van der Waals surface area contributed by atoms with E-state index in [2.05, 4.69) is 0 Å². The van der Waals surface area contributed by atoms with Crippen LogP contribution in [-0.2, 0) is 9.53 Å². The summed E-state index contributed by atoms with van der Waals surface area (Å²) in [6.07, 6.45) is 6.93. The van der Waals surface area contributed by atoms with Gasteiger partial charge in [0.25, 0.3) is 0 Å². The Kier molecular flexibility index (Phi) is 10.2. The lowest BCUT2D eigenvalue weighted by Gasteiger charge is -2.17. The van der Waals surface area contributed by atoms with Crippen LogP contribution < -0.4 is 0 Å². The molecule has 24 heavy (non-hydrogen) atoms. The monoisotopic (exact) mass is 344 g/mol. The molecule has 1 aliphatic heterocycles. The van der Waals surface area contributed by atoms with Crippen molar-refractivity contribution in [1.82, 2.24) is 0 Å². The van der Waals surface area contributed by atoms with Crippen LogP contribution in [0.5, 0.6) is 0 Å². The van der Waals surface area contributed by atoms with Crippen LogP contribution in [0.3, 0.4) is 0 Å². The van der Waals surface area contributed by atoms with Gasteiger partial charge in [-0.05, 0) is 19.3 Å². The Labute approximate surface area is 144 Å². The average Bonchev–Trinajstić information content (AvgIpc) is 2.92. The van der Waals surface area contributed by atoms with Crippen LogP contribution in [-0.4, -0.2) is 56.9 Å². The minimum Gasteiger partial charge on any atom is -0.481 e. The van der Waals surface area contributed by atoms with E-state index < -0.39 is 30.4 Å². The quantitative estimate of drug-likeness (QED) is 0.319. The van der Waals surface area contributed by atoms with Crippen LogP contribution in [0.2, 0.25) is 0 Å². The molecule has 0 aromatic rings. The fourth-order valence-corrected chi connectivity index (χ4v) is 2.90. The first-order valence-electron chi connectivity index (χ1n) is 9.03. The molecule has 1 heterocycles. The number of hydrogen-bond donors (Lipinski definition) is 4. The van der Waals surface area contributed by atoms with Crippen LogP contribution in [0.15, 0.2) is 12.2 Å². The highest BCUT2D eigenvalue weighted by Gasteiger charge is 2.36. The number of ether oxygens (including phenoxy) is 1. The van der Waals surface area contributed by atoms with Crippen LogP contribution in [0, 0.1) is 0 Å². The summed E-state index contributed by atoms with van der Waals surface area (Å²) in [5, 5.41) is 38.1. The molecule has 4 N–H and O–H groups in total. The molecule has 6 nitrogen and oxygen atoms in total. The lowest BCUT2D eigenvalue weighted by molar-refractivity contribution is -0.137. The third kappa shape index (κ3) is 8.24. The Balaban J connectivity index is 2.19. The molecule has 6 heteroatoms. The Bertz CT molecular complexity index is 384. The van der Waals surface area contributed by atoms with E-state index in [0.29, 0.717) is 19.3 Å². The van der Waals surface area contributed by atoms with Crippen molar-refractivity contribution in [3.8, 4) is 0 Å². The number of carbonyl (C=O) groups is 1. The van der Waals surface area contributed by atoms with Crippen molar-refractivity contribution in [3.63, 3.8) is 0 Å². The zero-order chi connectivity index (χ0) is 17.9. The summed E-state index contributed by atoms with van der Waals surface area (Å²) in [6.45, 7) is 1.86. The van der Waals surface area contributed by atoms with Crippen molar-refractivity contribution in [2.45, 2.75) is 95.2 Å². The second kappa shape index (κ2) is 11.6. The highest BCUT2D eigenvalue weighted by molar-refractivity contribution is 5.66. The molecule has 1 saturated heterocycles. The minimum absolute atomic E-state index is 0.226. The van der Waals surface area contributed by atoms with Crippen LogP contribution in [0.25, 0.3) is 0 Å². The predicted molar refractivity (Wildman–Crippen MR) is 90.7 cm³/mol. The second-order valence-electron chi connectivity index (χ2n) is 6.57. The number of aliphatic hydroxyl groups excluding tert-OH is 3. The van der Waals surface area contributed by atoms with Gasteiger partial charge in [-0.1, -0.05) is 44.8 Å². The van der Waals surface area contributed by atoms with Gasteiger partial charge >= 0.3 is 5.97 Å². The third-order valence-electron chi connectivity index (χ3n) is 4.46. The Morgan fingerprint density at radius 1 is 1.17 bits per heavy atom. The van der Waals surface area contributed by atoms with E-state index in [0.717, 1.165) is 32.1 Å². The first kappa shape index (κ1) is 21.1. The Hall–Kier alpha value is -0.950. The van der Waals surface area contributed by atoms with E-state index in [1.165, 1.54) is 6.08 Å². The van der Waals surface area contributed by atoms with Gasteiger partial charge in [0.1, 0.15) is 0 Å². The number of carboxylic acid groups (broad SMARTS) is 1. The molecule has 0 radical (unpaired) electrons. The van der Waals surface area contributed by atoms with Crippen molar-refractivity contribution in [2.75, 3.05) is 0 Å². The second-order valence-corrected chi connectivity index (χ2v) is 6.57. The maximum atomic E-state index is 10.4. The molecule has 140 valence electrons. The topological polar surface area (TPSA) is 107 Å². The van der Waals surface area contributed by atoms with E-state index in [1.807, 2.05) is 6.92 Å². The zero-order valence-electron chi connectivity index (χ0n) is 14.5. The number of aliphatic carboxylic acids is 1. The molecule has 1 fully saturated rings. The molecule has 1 aliphatic rings. The zero-order valence-corrected chi connectivity index (χ0v) is 14.5. The summed E-state index contributed by atoms with van der Waals surface area (Å²) < 4.78 is 5.75. The fraction of sp³-hybridized carbons (Fsp3) is 0.833. The van der Waals surface area contributed by atoms with Gasteiger partial charge in [-0.25, -0.2) is 0 Å². The van der Waals surface area contributed by atoms with Gasteiger partial charge < -0.3 is 25.2 Å². The summed E-state index contributed by atoms with van der Waals surface area (Å²) in [5.41, 5.74) is 0. The van der Waals surface area contributed by atoms with Crippen molar-refractivity contribution in [1.29, 1.82) is 0 Å². The first-order valence-corrected chi connectivity index (χ1v) is 9.03. The summed E-state index contributed by atoms with van der Waals surface area (Å²) >= 11 is 0. The van der Waals surface area contributed by atoms with Crippen LogP contribution in [0.4, 0.5) is 0 Å². The molecule has 0 spiro atoms. The summed E-state index contributed by atoms with van der Waals surface area (Å²) in [5.74, 6) is -0.748. The van der Waals surface area contributed by atoms with Gasteiger partial charge in [-0.15, -0.1) is 0 Å². The summed E-state index contributed by atoms with van der Waals surface area (Å²) in [6, 6.07) is 0. The maximum absolute atomic E-state index is 10.4. The van der Waals surface area contributed by atoms with E-state index in [4.69, 9.17) is 9.84 Å². The van der Waals surface area contributed by atoms with Crippen molar-refractivity contribution in [2.24, 2.45) is 0 Å². The molecule has 0 aliphatic carbocycles. The highest BCUT2D eigenvalue weighted by atomic mass is 16.5. The molecule has 0 aromatic heterocycles. The number of carboxylic acids is 1. The molecule has 5 atom stereocenters.